The first-order chi connectivity index (χ1) is 8.97. The third-order valence-electron chi connectivity index (χ3n) is 4.23. The van der Waals surface area contributed by atoms with Crippen molar-refractivity contribution in [1.82, 2.24) is 0 Å². The molecule has 1 aromatic carbocycles. The Morgan fingerprint density at radius 2 is 2.16 bits per heavy atom. The van der Waals surface area contributed by atoms with Gasteiger partial charge in [-0.2, -0.15) is 0 Å². The lowest BCUT2D eigenvalue weighted by atomic mass is 9.73. The van der Waals surface area contributed by atoms with Crippen LogP contribution in [0.4, 0.5) is 4.39 Å². The molecule has 104 valence electrons. The van der Waals surface area contributed by atoms with Crippen LogP contribution in [0.5, 0.6) is 0 Å². The molecule has 0 saturated heterocycles. The molecule has 0 heterocycles. The van der Waals surface area contributed by atoms with Crippen molar-refractivity contribution in [3.05, 3.63) is 34.6 Å². The van der Waals surface area contributed by atoms with E-state index in [4.69, 9.17) is 11.6 Å². The Morgan fingerprint density at radius 1 is 1.42 bits per heavy atom. The highest BCUT2D eigenvalue weighted by molar-refractivity contribution is 6.30. The number of rotatable bonds is 3. The van der Waals surface area contributed by atoms with Crippen molar-refractivity contribution in [1.29, 1.82) is 0 Å². The highest BCUT2D eigenvalue weighted by Gasteiger charge is 2.30. The molecule has 2 rings (SSSR count). The van der Waals surface area contributed by atoms with E-state index in [1.807, 2.05) is 0 Å². The predicted molar refractivity (Wildman–Crippen MR) is 75.8 cm³/mol. The number of carbonyl (C=O) groups excluding carboxylic acids is 1. The van der Waals surface area contributed by atoms with Gasteiger partial charge in [0, 0.05) is 17.4 Å². The summed E-state index contributed by atoms with van der Waals surface area (Å²) in [6, 6.07) is 4.71. The molecule has 2 atom stereocenters. The minimum Gasteiger partial charge on any atom is -0.299 e. The topological polar surface area (TPSA) is 17.1 Å². The molecule has 0 aliphatic heterocycles. The van der Waals surface area contributed by atoms with E-state index in [-0.39, 0.29) is 17.5 Å². The van der Waals surface area contributed by atoms with Gasteiger partial charge in [-0.1, -0.05) is 31.5 Å². The maximum atomic E-state index is 13.8. The van der Waals surface area contributed by atoms with Crippen molar-refractivity contribution < 1.29 is 9.18 Å². The summed E-state index contributed by atoms with van der Waals surface area (Å²) in [4.78, 5) is 12.0. The Morgan fingerprint density at radius 3 is 2.79 bits per heavy atom. The van der Waals surface area contributed by atoms with Gasteiger partial charge in [-0.3, -0.25) is 4.79 Å². The average Bonchev–Trinajstić information content (AvgIpc) is 2.34. The Labute approximate surface area is 119 Å². The highest BCUT2D eigenvalue weighted by Crippen LogP contribution is 2.33. The van der Waals surface area contributed by atoms with E-state index >= 15 is 0 Å². The Kier molecular flexibility index (Phi) is 4.62. The second-order valence-corrected chi connectivity index (χ2v) is 6.32. The fourth-order valence-corrected chi connectivity index (χ4v) is 3.06. The number of carbonyl (C=O) groups is 1. The van der Waals surface area contributed by atoms with Gasteiger partial charge >= 0.3 is 0 Å². The van der Waals surface area contributed by atoms with Crippen LogP contribution in [0.2, 0.25) is 5.02 Å². The molecule has 0 spiro atoms. The van der Waals surface area contributed by atoms with Crippen LogP contribution in [0.1, 0.15) is 38.7 Å². The molecule has 0 amide bonds. The van der Waals surface area contributed by atoms with Crippen LogP contribution in [0.3, 0.4) is 0 Å². The molecule has 1 nitrogen and oxygen atoms in total. The normalized spacial score (nSPS) is 23.9. The molecule has 1 aliphatic carbocycles. The fourth-order valence-electron chi connectivity index (χ4n) is 2.90. The Hall–Kier alpha value is -0.890. The second-order valence-electron chi connectivity index (χ2n) is 5.88. The molecular weight excluding hydrogens is 263 g/mol. The zero-order valence-electron chi connectivity index (χ0n) is 11.5. The van der Waals surface area contributed by atoms with Crippen molar-refractivity contribution in [3.8, 4) is 0 Å². The quantitative estimate of drug-likeness (QED) is 0.788. The zero-order valence-corrected chi connectivity index (χ0v) is 12.2. The summed E-state index contributed by atoms with van der Waals surface area (Å²) in [7, 11) is 0. The highest BCUT2D eigenvalue weighted by atomic mass is 35.5. The fraction of sp³-hybridized carbons (Fsp3) is 0.562. The van der Waals surface area contributed by atoms with Gasteiger partial charge in [0.1, 0.15) is 11.6 Å². The van der Waals surface area contributed by atoms with E-state index < -0.39 is 0 Å². The van der Waals surface area contributed by atoms with E-state index in [1.54, 1.807) is 12.1 Å². The SMILES string of the molecule is CC(C)C1CCC(=O)C(Cc2ccc(Cl)cc2F)C1. The zero-order chi connectivity index (χ0) is 14.0. The van der Waals surface area contributed by atoms with E-state index in [9.17, 15) is 9.18 Å². The smallest absolute Gasteiger partial charge is 0.136 e. The Balaban J connectivity index is 2.10. The first kappa shape index (κ1) is 14.5. The number of hydrogen-bond acceptors (Lipinski definition) is 1. The maximum Gasteiger partial charge on any atom is 0.136 e. The summed E-state index contributed by atoms with van der Waals surface area (Å²) in [5, 5.41) is 0.399. The first-order valence-corrected chi connectivity index (χ1v) is 7.31. The molecule has 1 fully saturated rings. The van der Waals surface area contributed by atoms with Crippen molar-refractivity contribution in [2.45, 2.75) is 39.5 Å². The maximum absolute atomic E-state index is 13.8. The van der Waals surface area contributed by atoms with Crippen molar-refractivity contribution in [3.63, 3.8) is 0 Å². The van der Waals surface area contributed by atoms with Gasteiger partial charge in [0.25, 0.3) is 0 Å². The van der Waals surface area contributed by atoms with Crippen LogP contribution in [-0.4, -0.2) is 5.78 Å². The lowest BCUT2D eigenvalue weighted by molar-refractivity contribution is -0.125. The molecule has 0 bridgehead atoms. The molecule has 1 aliphatic rings. The van der Waals surface area contributed by atoms with Crippen LogP contribution < -0.4 is 0 Å². The minimum absolute atomic E-state index is 0.0307. The van der Waals surface area contributed by atoms with Gasteiger partial charge in [-0.25, -0.2) is 4.39 Å². The predicted octanol–water partition coefficient (Wildman–Crippen LogP) is 4.66. The van der Waals surface area contributed by atoms with E-state index in [0.29, 0.717) is 35.3 Å². The minimum atomic E-state index is -0.299. The van der Waals surface area contributed by atoms with Crippen LogP contribution in [-0.2, 0) is 11.2 Å². The molecule has 1 saturated carbocycles. The lowest BCUT2D eigenvalue weighted by Gasteiger charge is -2.30. The summed E-state index contributed by atoms with van der Waals surface area (Å²) in [5.74, 6) is 1.12. The Bertz CT molecular complexity index is 470. The molecule has 0 N–H and O–H groups in total. The van der Waals surface area contributed by atoms with Gasteiger partial charge in [-0.15, -0.1) is 0 Å². The second kappa shape index (κ2) is 6.04. The van der Waals surface area contributed by atoms with Crippen molar-refractivity contribution in [2.75, 3.05) is 0 Å². The van der Waals surface area contributed by atoms with Crippen LogP contribution in [0, 0.1) is 23.6 Å². The van der Waals surface area contributed by atoms with Crippen molar-refractivity contribution >= 4 is 17.4 Å². The van der Waals surface area contributed by atoms with Gasteiger partial charge < -0.3 is 0 Å². The van der Waals surface area contributed by atoms with E-state index in [2.05, 4.69) is 13.8 Å². The summed E-state index contributed by atoms with van der Waals surface area (Å²) in [6.45, 7) is 4.39. The van der Waals surface area contributed by atoms with Crippen molar-refractivity contribution in [2.24, 2.45) is 17.8 Å². The van der Waals surface area contributed by atoms with E-state index in [0.717, 1.165) is 12.8 Å². The van der Waals surface area contributed by atoms with Gasteiger partial charge in [0.2, 0.25) is 0 Å². The summed E-state index contributed by atoms with van der Waals surface area (Å²) in [6.07, 6.45) is 3.02. The van der Waals surface area contributed by atoms with Gasteiger partial charge in [-0.05, 0) is 48.8 Å². The largest absolute Gasteiger partial charge is 0.299 e. The van der Waals surface area contributed by atoms with Gasteiger partial charge in [0.05, 0.1) is 0 Å². The number of Topliss-reactive ketones (excluding diaryl/α,β-unsaturated/α-hetero) is 1. The van der Waals surface area contributed by atoms with Gasteiger partial charge in [0.15, 0.2) is 0 Å². The van der Waals surface area contributed by atoms with Crippen LogP contribution in [0.15, 0.2) is 18.2 Å². The summed E-state index contributed by atoms with van der Waals surface area (Å²) >= 11 is 5.75. The lowest BCUT2D eigenvalue weighted by Crippen LogP contribution is -2.29. The molecular formula is C16H20ClFO. The summed E-state index contributed by atoms with van der Waals surface area (Å²) < 4.78 is 13.8. The first-order valence-electron chi connectivity index (χ1n) is 6.94. The number of halogens is 2. The van der Waals surface area contributed by atoms with E-state index in [1.165, 1.54) is 6.07 Å². The number of benzene rings is 1. The molecule has 3 heteroatoms. The van der Waals surface area contributed by atoms with Crippen LogP contribution in [0.25, 0.3) is 0 Å². The molecule has 1 aromatic rings. The standard InChI is InChI=1S/C16H20ClFO/c1-10(2)11-4-6-16(19)13(7-11)8-12-3-5-14(17)9-15(12)18/h3,5,9-11,13H,4,6-8H2,1-2H3. The number of ketones is 1. The number of hydrogen-bond donors (Lipinski definition) is 0. The third kappa shape index (κ3) is 3.56. The molecule has 0 radical (unpaired) electrons. The average molecular weight is 283 g/mol. The molecule has 0 aromatic heterocycles. The third-order valence-corrected chi connectivity index (χ3v) is 4.46. The molecule has 2 unspecified atom stereocenters. The van der Waals surface area contributed by atoms with Crippen LogP contribution >= 0.6 is 11.6 Å². The monoisotopic (exact) mass is 282 g/mol. The molecule has 19 heavy (non-hydrogen) atoms. The summed E-state index contributed by atoms with van der Waals surface area (Å²) in [5.41, 5.74) is 0.604.